The van der Waals surface area contributed by atoms with Gasteiger partial charge in [0.25, 0.3) is 0 Å². The van der Waals surface area contributed by atoms with Crippen molar-refractivity contribution in [3.05, 3.63) is 36.0 Å². The molecule has 0 atom stereocenters. The minimum Gasteiger partial charge on any atom is -0.279 e. The zero-order valence-electron chi connectivity index (χ0n) is 5.22. The molecule has 44 valence electrons. The molecule has 0 bridgehead atoms. The van der Waals surface area contributed by atoms with E-state index < -0.39 is 0 Å². The van der Waals surface area contributed by atoms with E-state index in [-0.39, 0.29) is 5.78 Å². The molecule has 0 saturated carbocycles. The molecule has 1 heteroatoms. The van der Waals surface area contributed by atoms with Gasteiger partial charge in [0.15, 0.2) is 0 Å². The summed E-state index contributed by atoms with van der Waals surface area (Å²) < 4.78 is 0. The molecule has 1 nitrogen and oxygen atoms in total. The van der Waals surface area contributed by atoms with E-state index in [0.29, 0.717) is 0 Å². The first-order valence-electron chi connectivity index (χ1n) is 2.78. The quantitative estimate of drug-likeness (QED) is 0.477. The molecule has 1 rings (SSSR count). The van der Waals surface area contributed by atoms with Crippen molar-refractivity contribution in [2.24, 2.45) is 0 Å². The zero-order valence-corrected chi connectivity index (χ0v) is 5.22. The lowest BCUT2D eigenvalue weighted by molar-refractivity contribution is -0.113. The summed E-state index contributed by atoms with van der Waals surface area (Å²) in [5.41, 5.74) is 0.720. The van der Waals surface area contributed by atoms with Gasteiger partial charge in [0.2, 0.25) is 5.78 Å². The van der Waals surface area contributed by atoms with Gasteiger partial charge in [-0.15, -0.1) is 0 Å². The van der Waals surface area contributed by atoms with Gasteiger partial charge in [-0.1, -0.05) is 0 Å². The van der Waals surface area contributed by atoms with Gasteiger partial charge in [-0.25, -0.2) is 0 Å². The molecule has 0 fully saturated rings. The maximum Gasteiger partial charge on any atom is 0.215 e. The van der Waals surface area contributed by atoms with Crippen LogP contribution in [-0.4, -0.2) is 5.78 Å². The summed E-state index contributed by atoms with van der Waals surface area (Å²) in [6, 6.07) is 0. The Labute approximate surface area is 54.4 Å². The summed E-state index contributed by atoms with van der Waals surface area (Å²) in [6.45, 7) is 1.54. The summed E-state index contributed by atoms with van der Waals surface area (Å²) >= 11 is 0. The van der Waals surface area contributed by atoms with E-state index in [1.165, 1.54) is 0 Å². The van der Waals surface area contributed by atoms with Crippen molar-refractivity contribution >= 4 is 5.78 Å². The Bertz CT molecular complexity index is 207. The second-order valence-electron chi connectivity index (χ2n) is 1.85. The Kier molecular flexibility index (Phi) is 1.57. The topological polar surface area (TPSA) is 17.1 Å². The number of hydrogen-bond donors (Lipinski definition) is 0. The number of allylic oxidation sites excluding steroid dienone is 6. The van der Waals surface area contributed by atoms with E-state index in [2.05, 4.69) is 6.08 Å². The Morgan fingerprint density at radius 1 is 1.67 bits per heavy atom. The van der Waals surface area contributed by atoms with Crippen LogP contribution in [-0.2, 0) is 4.79 Å². The lowest BCUT2D eigenvalue weighted by Crippen LogP contribution is -1.93. The molecule has 0 aromatic rings. The van der Waals surface area contributed by atoms with Gasteiger partial charge in [0.1, 0.15) is 17.7 Å². The highest BCUT2D eigenvalue weighted by Gasteiger charge is 2.06. The predicted octanol–water partition coefficient (Wildman–Crippen LogP) is 1.43. The summed E-state index contributed by atoms with van der Waals surface area (Å²) in [6.07, 6.45) is 9.85. The molecule has 0 N–H and O–H groups in total. The largest absolute Gasteiger partial charge is 0.279 e. The minimum atomic E-state index is 0.0897. The third kappa shape index (κ3) is 1.34. The van der Waals surface area contributed by atoms with Crippen molar-refractivity contribution in [3.63, 3.8) is 0 Å². The van der Waals surface area contributed by atoms with Crippen molar-refractivity contribution in [1.82, 2.24) is 0 Å². The molecule has 0 aliphatic heterocycles. The van der Waals surface area contributed by atoms with Crippen LogP contribution in [0, 0.1) is 6.08 Å². The first-order chi connectivity index (χ1) is 4.30. The fourth-order valence-electron chi connectivity index (χ4n) is 0.612. The van der Waals surface area contributed by atoms with Crippen LogP contribution < -0.4 is 0 Å². The smallest absolute Gasteiger partial charge is 0.215 e. The summed E-state index contributed by atoms with van der Waals surface area (Å²) in [7, 11) is 0. The van der Waals surface area contributed by atoms with E-state index in [1.807, 2.05) is 0 Å². The first-order valence-corrected chi connectivity index (χ1v) is 2.78. The second kappa shape index (κ2) is 2.38. The average Bonchev–Trinajstić information content (AvgIpc) is 1.90. The lowest BCUT2D eigenvalue weighted by atomic mass is 10.1. The van der Waals surface area contributed by atoms with Gasteiger partial charge in [-0.3, -0.25) is 4.79 Å². The maximum absolute atomic E-state index is 10.6. The molecule has 0 unspecified atom stereocenters. The Morgan fingerprint density at radius 3 is 2.78 bits per heavy atom. The lowest BCUT2D eigenvalue weighted by Gasteiger charge is -1.84. The molecule has 0 heterocycles. The fourth-order valence-corrected chi connectivity index (χ4v) is 0.612. The third-order valence-electron chi connectivity index (χ3n) is 1.11. The molecule has 0 aromatic carbocycles. The molecular weight excluding hydrogens is 112 g/mol. The van der Waals surface area contributed by atoms with Crippen molar-refractivity contribution in [3.8, 4) is 0 Å². The summed E-state index contributed by atoms with van der Waals surface area (Å²) in [5.74, 6) is 0.0897. The number of ketones is 1. The van der Waals surface area contributed by atoms with Crippen LogP contribution in [0.1, 0.15) is 6.92 Å². The van der Waals surface area contributed by atoms with Gasteiger partial charge >= 0.3 is 0 Å². The normalized spacial score (nSPS) is 14.6. The standard InChI is InChI=1S/C8H7O/c1-7(9)8-5-3-2-4-6-8/h2-3,5-6H,1H3/q+1. The summed E-state index contributed by atoms with van der Waals surface area (Å²) in [5, 5.41) is 0. The highest BCUT2D eigenvalue weighted by Crippen LogP contribution is 2.02. The van der Waals surface area contributed by atoms with Crippen molar-refractivity contribution in [1.29, 1.82) is 0 Å². The van der Waals surface area contributed by atoms with Crippen LogP contribution in [0.4, 0.5) is 0 Å². The molecule has 1 aliphatic rings. The van der Waals surface area contributed by atoms with Gasteiger partial charge in [0, 0.05) is 19.1 Å². The third-order valence-corrected chi connectivity index (χ3v) is 1.11. The fraction of sp³-hybridized carbons (Fsp3) is 0.125. The van der Waals surface area contributed by atoms with Crippen LogP contribution in [0.3, 0.4) is 0 Å². The van der Waals surface area contributed by atoms with Crippen molar-refractivity contribution < 1.29 is 4.79 Å². The van der Waals surface area contributed by atoms with E-state index in [0.717, 1.165) is 5.57 Å². The monoisotopic (exact) mass is 119 g/mol. The van der Waals surface area contributed by atoms with Crippen molar-refractivity contribution in [2.75, 3.05) is 0 Å². The average molecular weight is 119 g/mol. The van der Waals surface area contributed by atoms with Crippen LogP contribution in [0.25, 0.3) is 0 Å². The number of carbonyl (C=O) groups is 1. The first kappa shape index (κ1) is 5.93. The van der Waals surface area contributed by atoms with Crippen LogP contribution >= 0.6 is 0 Å². The van der Waals surface area contributed by atoms with Gasteiger partial charge in [0.05, 0.1) is 6.08 Å². The highest BCUT2D eigenvalue weighted by molar-refractivity contribution is 5.96. The van der Waals surface area contributed by atoms with Gasteiger partial charge < -0.3 is 0 Å². The number of Topliss-reactive ketones (excluding diaryl/α,β-unsaturated/α-hetero) is 1. The zero-order chi connectivity index (χ0) is 6.69. The van der Waals surface area contributed by atoms with Crippen LogP contribution in [0.2, 0.25) is 0 Å². The Hall–Kier alpha value is -1.20. The molecule has 0 spiro atoms. The van der Waals surface area contributed by atoms with E-state index >= 15 is 0 Å². The van der Waals surface area contributed by atoms with Gasteiger partial charge in [-0.2, -0.15) is 0 Å². The molecule has 1 aliphatic carbocycles. The molecule has 0 aromatic heterocycles. The Balaban J connectivity index is 2.84. The molecule has 9 heavy (non-hydrogen) atoms. The van der Waals surface area contributed by atoms with E-state index in [9.17, 15) is 4.79 Å². The number of carbonyl (C=O) groups excluding carboxylic acids is 1. The van der Waals surface area contributed by atoms with E-state index in [1.54, 1.807) is 31.2 Å². The summed E-state index contributed by atoms with van der Waals surface area (Å²) in [4.78, 5) is 10.6. The number of rotatable bonds is 1. The number of hydrogen-bond acceptors (Lipinski definition) is 1. The molecule has 0 radical (unpaired) electrons. The van der Waals surface area contributed by atoms with Gasteiger partial charge in [-0.05, 0) is 0 Å². The Morgan fingerprint density at radius 2 is 2.44 bits per heavy atom. The van der Waals surface area contributed by atoms with Crippen LogP contribution in [0.15, 0.2) is 29.9 Å². The predicted molar refractivity (Wildman–Crippen MR) is 35.7 cm³/mol. The van der Waals surface area contributed by atoms with Crippen LogP contribution in [0.5, 0.6) is 0 Å². The van der Waals surface area contributed by atoms with E-state index in [4.69, 9.17) is 0 Å². The van der Waals surface area contributed by atoms with Crippen molar-refractivity contribution in [2.45, 2.75) is 6.92 Å². The highest BCUT2D eigenvalue weighted by atomic mass is 16.1. The maximum atomic E-state index is 10.6. The molecular formula is C8H7O+. The second-order valence-corrected chi connectivity index (χ2v) is 1.85. The molecule has 0 saturated heterocycles. The SMILES string of the molecule is CC(=O)C1=CC=C[C+]=C1. The molecule has 0 amide bonds. The minimum absolute atomic E-state index is 0.0897.